The highest BCUT2D eigenvalue weighted by Crippen LogP contribution is 2.34. The van der Waals surface area contributed by atoms with Crippen molar-refractivity contribution in [3.63, 3.8) is 0 Å². The highest BCUT2D eigenvalue weighted by molar-refractivity contribution is 6.20. The second-order valence-electron chi connectivity index (χ2n) is 8.89. The van der Waals surface area contributed by atoms with Gasteiger partial charge in [-0.05, 0) is 42.8 Å². The average Bonchev–Trinajstić information content (AvgIpc) is 3.41. The topological polar surface area (TPSA) is 108 Å². The minimum Gasteiger partial charge on any atom is -0.420 e. The Labute approximate surface area is 215 Å². The maximum atomic E-state index is 13.0. The van der Waals surface area contributed by atoms with Crippen LogP contribution in [0, 0.1) is 0 Å². The largest absolute Gasteiger partial charge is 0.487 e. The molecule has 0 saturated carbocycles. The van der Waals surface area contributed by atoms with Crippen LogP contribution in [0.5, 0.6) is 5.75 Å². The van der Waals surface area contributed by atoms with E-state index in [9.17, 15) is 23.5 Å². The van der Waals surface area contributed by atoms with E-state index in [0.717, 1.165) is 0 Å². The van der Waals surface area contributed by atoms with Gasteiger partial charge in [0.15, 0.2) is 0 Å². The molecule has 2 aromatic heterocycles. The zero-order valence-electron chi connectivity index (χ0n) is 19.6. The smallest absolute Gasteiger partial charge is 0.420 e. The van der Waals surface area contributed by atoms with E-state index >= 15 is 0 Å². The Kier molecular flexibility index (Phi) is 6.42. The third-order valence-electron chi connectivity index (χ3n) is 6.18. The summed E-state index contributed by atoms with van der Waals surface area (Å²) >= 11 is 4.78. The summed E-state index contributed by atoms with van der Waals surface area (Å²) < 4.78 is 29.9. The van der Waals surface area contributed by atoms with Crippen LogP contribution in [0.3, 0.4) is 0 Å². The monoisotopic (exact) mass is 529 g/mol. The molecule has 0 aliphatic carbocycles. The van der Waals surface area contributed by atoms with Crippen LogP contribution in [-0.4, -0.2) is 63.6 Å². The number of anilines is 2. The van der Waals surface area contributed by atoms with E-state index in [1.54, 1.807) is 30.3 Å². The third-order valence-corrected chi connectivity index (χ3v) is 6.26. The zero-order valence-corrected chi connectivity index (χ0v) is 20.4. The van der Waals surface area contributed by atoms with Crippen molar-refractivity contribution in [1.29, 1.82) is 0 Å². The SMILES string of the molecule is CN1Cc2ncc(-c3cc(C(=O)Nc4ccc(OC(F)(F)Cl)cc4)cnc3N3CC[C@@H](O)C3)cc2C1=O. The number of aliphatic hydroxyl groups is 1. The van der Waals surface area contributed by atoms with Crippen molar-refractivity contribution in [3.05, 3.63) is 65.6 Å². The van der Waals surface area contributed by atoms with Gasteiger partial charge in [-0.25, -0.2) is 4.98 Å². The fourth-order valence-corrected chi connectivity index (χ4v) is 4.47. The maximum absolute atomic E-state index is 13.0. The molecule has 1 saturated heterocycles. The molecule has 5 rings (SSSR count). The number of pyridine rings is 2. The van der Waals surface area contributed by atoms with E-state index in [-0.39, 0.29) is 17.2 Å². The van der Waals surface area contributed by atoms with Gasteiger partial charge in [0.1, 0.15) is 11.6 Å². The molecular weight excluding hydrogens is 508 g/mol. The van der Waals surface area contributed by atoms with Gasteiger partial charge in [0, 0.05) is 60.9 Å². The Morgan fingerprint density at radius 2 is 1.95 bits per heavy atom. The summed E-state index contributed by atoms with van der Waals surface area (Å²) in [5.74, 6) is -0.215. The lowest BCUT2D eigenvalue weighted by atomic mass is 10.0. The van der Waals surface area contributed by atoms with Gasteiger partial charge < -0.3 is 25.0 Å². The van der Waals surface area contributed by atoms with Crippen LogP contribution in [0.1, 0.15) is 32.8 Å². The second-order valence-corrected chi connectivity index (χ2v) is 9.33. The van der Waals surface area contributed by atoms with Gasteiger partial charge in [0.25, 0.3) is 11.8 Å². The molecule has 37 heavy (non-hydrogen) atoms. The Morgan fingerprint density at radius 3 is 2.62 bits per heavy atom. The van der Waals surface area contributed by atoms with Crippen molar-refractivity contribution < 1.29 is 28.2 Å². The Morgan fingerprint density at radius 1 is 1.19 bits per heavy atom. The Bertz CT molecular complexity index is 1370. The standard InChI is InChI=1S/C25H22ClF2N5O4/c1-32-13-21-20(24(32)36)8-14(10-29-21)19-9-15(11-30-22(19)33-7-6-17(34)12-33)23(35)31-16-2-4-18(5-3-16)37-25(26,27)28/h2-5,8-11,17,34H,6-7,12-13H2,1H3,(H,31,35)/t17-/m1/s1. The van der Waals surface area contributed by atoms with Gasteiger partial charge in [-0.15, -0.1) is 8.78 Å². The van der Waals surface area contributed by atoms with Gasteiger partial charge in [-0.2, -0.15) is 0 Å². The van der Waals surface area contributed by atoms with Crippen LogP contribution in [0.4, 0.5) is 20.3 Å². The van der Waals surface area contributed by atoms with E-state index < -0.39 is 17.6 Å². The molecule has 2 aliphatic heterocycles. The first kappa shape index (κ1) is 24.8. The first-order valence-corrected chi connectivity index (χ1v) is 11.8. The average molecular weight is 530 g/mol. The highest BCUT2D eigenvalue weighted by atomic mass is 35.5. The molecule has 9 nitrogen and oxygen atoms in total. The van der Waals surface area contributed by atoms with E-state index in [4.69, 9.17) is 11.6 Å². The minimum atomic E-state index is -3.84. The fraction of sp³-hybridized carbons (Fsp3) is 0.280. The molecule has 3 aromatic rings. The lowest BCUT2D eigenvalue weighted by Crippen LogP contribution is -2.23. The number of carbonyl (C=O) groups excluding carboxylic acids is 2. The molecule has 1 atom stereocenters. The van der Waals surface area contributed by atoms with Crippen molar-refractivity contribution in [3.8, 4) is 16.9 Å². The number of benzene rings is 1. The van der Waals surface area contributed by atoms with Crippen LogP contribution in [0.25, 0.3) is 11.1 Å². The first-order chi connectivity index (χ1) is 17.6. The number of fused-ring (bicyclic) bond motifs is 1. The number of nitrogens with one attached hydrogen (secondary N) is 1. The van der Waals surface area contributed by atoms with E-state index in [0.29, 0.717) is 59.9 Å². The molecular formula is C25H22ClF2N5O4. The quantitative estimate of drug-likeness (QED) is 0.469. The molecule has 2 aliphatic rings. The van der Waals surface area contributed by atoms with Crippen LogP contribution in [0.15, 0.2) is 48.8 Å². The lowest BCUT2D eigenvalue weighted by molar-refractivity contribution is -0.0964. The van der Waals surface area contributed by atoms with E-state index in [1.165, 1.54) is 30.5 Å². The maximum Gasteiger partial charge on any atom is 0.487 e. The van der Waals surface area contributed by atoms with Gasteiger partial charge in [0.2, 0.25) is 0 Å². The summed E-state index contributed by atoms with van der Waals surface area (Å²) in [6.07, 6.45) is 3.16. The zero-order chi connectivity index (χ0) is 26.3. The number of nitrogens with zero attached hydrogens (tertiary/aromatic N) is 4. The molecule has 0 spiro atoms. The molecule has 2 amide bonds. The third kappa shape index (κ3) is 5.32. The normalized spacial score (nSPS) is 17.2. The van der Waals surface area contributed by atoms with E-state index in [2.05, 4.69) is 20.0 Å². The number of hydrogen-bond donors (Lipinski definition) is 2. The van der Waals surface area contributed by atoms with Gasteiger partial charge in [-0.1, -0.05) is 0 Å². The van der Waals surface area contributed by atoms with Gasteiger partial charge >= 0.3 is 5.57 Å². The Hall–Kier alpha value is -3.83. The molecule has 0 radical (unpaired) electrons. The molecule has 192 valence electrons. The number of β-amino-alcohol motifs (C(OH)–C–C–N with tert-alkyl or cyclic N) is 1. The summed E-state index contributed by atoms with van der Waals surface area (Å²) in [7, 11) is 1.70. The number of carbonyl (C=O) groups is 2. The summed E-state index contributed by atoms with van der Waals surface area (Å²) in [4.78, 5) is 38.1. The second kappa shape index (κ2) is 9.56. The molecule has 0 bridgehead atoms. The number of hydrogen-bond acceptors (Lipinski definition) is 7. The number of aromatic nitrogens is 2. The number of ether oxygens (including phenoxy) is 1. The van der Waals surface area contributed by atoms with Crippen LogP contribution < -0.4 is 15.0 Å². The molecule has 12 heteroatoms. The van der Waals surface area contributed by atoms with Gasteiger partial charge in [-0.3, -0.25) is 14.6 Å². The van der Waals surface area contributed by atoms with Crippen molar-refractivity contribution >= 4 is 34.9 Å². The Balaban J connectivity index is 1.45. The minimum absolute atomic E-state index is 0.135. The number of rotatable bonds is 6. The molecule has 1 aromatic carbocycles. The van der Waals surface area contributed by atoms with Gasteiger partial charge in [0.05, 0.1) is 29.5 Å². The molecule has 4 heterocycles. The predicted molar refractivity (Wildman–Crippen MR) is 132 cm³/mol. The number of alkyl halides is 3. The predicted octanol–water partition coefficient (Wildman–Crippen LogP) is 3.72. The summed E-state index contributed by atoms with van der Waals surface area (Å²) in [6, 6.07) is 8.70. The fourth-order valence-electron chi connectivity index (χ4n) is 4.38. The molecule has 2 N–H and O–H groups in total. The van der Waals surface area contributed by atoms with Crippen molar-refractivity contribution in [2.24, 2.45) is 0 Å². The van der Waals surface area contributed by atoms with Crippen molar-refractivity contribution in [2.75, 3.05) is 30.4 Å². The number of aliphatic hydroxyl groups excluding tert-OH is 1. The summed E-state index contributed by atoms with van der Waals surface area (Å²) in [5.41, 5.74) is -0.891. The highest BCUT2D eigenvalue weighted by Gasteiger charge is 2.29. The molecule has 0 unspecified atom stereocenters. The lowest BCUT2D eigenvalue weighted by Gasteiger charge is -2.21. The van der Waals surface area contributed by atoms with Crippen LogP contribution in [-0.2, 0) is 6.54 Å². The summed E-state index contributed by atoms with van der Waals surface area (Å²) in [6.45, 7) is 1.40. The summed E-state index contributed by atoms with van der Waals surface area (Å²) in [5, 5.41) is 12.7. The van der Waals surface area contributed by atoms with E-state index in [1.807, 2.05) is 4.90 Å². The van der Waals surface area contributed by atoms with Crippen LogP contribution >= 0.6 is 11.6 Å². The van der Waals surface area contributed by atoms with Crippen molar-refractivity contribution in [2.45, 2.75) is 24.6 Å². The molecule has 1 fully saturated rings. The number of amides is 2. The number of halogens is 3. The first-order valence-electron chi connectivity index (χ1n) is 11.4. The van der Waals surface area contributed by atoms with Crippen LogP contribution in [0.2, 0.25) is 0 Å². The van der Waals surface area contributed by atoms with Crippen molar-refractivity contribution in [1.82, 2.24) is 14.9 Å².